The van der Waals surface area contributed by atoms with Crippen molar-refractivity contribution >= 4 is 27.5 Å². The Hall–Kier alpha value is -0.0900. The molecule has 0 aromatic heterocycles. The van der Waals surface area contributed by atoms with Gasteiger partial charge in [-0.1, -0.05) is 40.5 Å². The van der Waals surface area contributed by atoms with Gasteiger partial charge >= 0.3 is 0 Å². The molecule has 0 aliphatic carbocycles. The third-order valence-electron chi connectivity index (χ3n) is 3.35. The summed E-state index contributed by atoms with van der Waals surface area (Å²) in [4.78, 5) is 2.50. The van der Waals surface area contributed by atoms with Crippen molar-refractivity contribution in [3.8, 4) is 0 Å². The molecule has 1 fully saturated rings. The molecule has 1 unspecified atom stereocenters. The number of hydrogen-bond acceptors (Lipinski definition) is 2. The number of rotatable bonds is 4. The lowest BCUT2D eigenvalue weighted by Gasteiger charge is -2.27. The van der Waals surface area contributed by atoms with E-state index in [9.17, 15) is 0 Å². The first-order valence-electron chi connectivity index (χ1n) is 6.09. The molecule has 4 heteroatoms. The zero-order chi connectivity index (χ0) is 12.3. The van der Waals surface area contributed by atoms with Crippen LogP contribution < -0.4 is 5.32 Å². The van der Waals surface area contributed by atoms with E-state index in [1.807, 2.05) is 6.07 Å². The van der Waals surface area contributed by atoms with Gasteiger partial charge in [0.25, 0.3) is 0 Å². The van der Waals surface area contributed by atoms with Crippen LogP contribution in [0.3, 0.4) is 0 Å². The quantitative estimate of drug-likeness (QED) is 0.917. The molecule has 1 aliphatic heterocycles. The largest absolute Gasteiger partial charge is 0.315 e. The molecule has 1 saturated heterocycles. The van der Waals surface area contributed by atoms with Crippen LogP contribution in [0.25, 0.3) is 0 Å². The van der Waals surface area contributed by atoms with Crippen molar-refractivity contribution in [2.75, 3.05) is 19.6 Å². The van der Waals surface area contributed by atoms with Gasteiger partial charge in [0.15, 0.2) is 0 Å². The van der Waals surface area contributed by atoms with Gasteiger partial charge in [0.05, 0.1) is 0 Å². The molecule has 0 spiro atoms. The van der Waals surface area contributed by atoms with Gasteiger partial charge in [0.2, 0.25) is 0 Å². The molecular formula is C13H18BrClN2. The number of likely N-dealkylation sites (N-methyl/N-ethyl adjacent to an activating group) is 1. The maximum absolute atomic E-state index is 6.26. The van der Waals surface area contributed by atoms with Crippen molar-refractivity contribution in [2.45, 2.75) is 25.9 Å². The van der Waals surface area contributed by atoms with Crippen molar-refractivity contribution < 1.29 is 0 Å². The van der Waals surface area contributed by atoms with Gasteiger partial charge in [0.1, 0.15) is 0 Å². The number of hydrogen-bond donors (Lipinski definition) is 1. The molecule has 0 bridgehead atoms. The van der Waals surface area contributed by atoms with Gasteiger partial charge < -0.3 is 5.32 Å². The Morgan fingerprint density at radius 3 is 2.94 bits per heavy atom. The topological polar surface area (TPSA) is 15.3 Å². The smallest absolute Gasteiger partial charge is 0.0462 e. The van der Waals surface area contributed by atoms with E-state index >= 15 is 0 Å². The first kappa shape index (κ1) is 13.3. The fourth-order valence-electron chi connectivity index (χ4n) is 2.32. The zero-order valence-corrected chi connectivity index (χ0v) is 12.4. The molecule has 1 atom stereocenters. The normalized spacial score (nSPS) is 20.1. The average molecular weight is 318 g/mol. The second kappa shape index (κ2) is 6.19. The van der Waals surface area contributed by atoms with Crippen molar-refractivity contribution in [2.24, 2.45) is 0 Å². The van der Waals surface area contributed by atoms with E-state index in [1.165, 1.54) is 12.0 Å². The minimum absolute atomic E-state index is 0.653. The number of nitrogens with zero attached hydrogens (tertiary/aromatic N) is 1. The molecule has 0 amide bonds. The van der Waals surface area contributed by atoms with Crippen LogP contribution in [0.5, 0.6) is 0 Å². The summed E-state index contributed by atoms with van der Waals surface area (Å²) in [5.74, 6) is 0. The monoisotopic (exact) mass is 316 g/mol. The van der Waals surface area contributed by atoms with Crippen LogP contribution in [0.2, 0.25) is 5.02 Å². The lowest BCUT2D eigenvalue weighted by molar-refractivity contribution is 0.210. The zero-order valence-electron chi connectivity index (χ0n) is 10.0. The Morgan fingerprint density at radius 1 is 1.53 bits per heavy atom. The molecule has 1 heterocycles. The van der Waals surface area contributed by atoms with Gasteiger partial charge in [-0.25, -0.2) is 0 Å². The highest BCUT2D eigenvalue weighted by molar-refractivity contribution is 9.10. The highest BCUT2D eigenvalue weighted by atomic mass is 79.9. The first-order chi connectivity index (χ1) is 8.20. The Balaban J connectivity index is 2.06. The average Bonchev–Trinajstić information content (AvgIpc) is 2.81. The molecule has 0 radical (unpaired) electrons. The highest BCUT2D eigenvalue weighted by Gasteiger charge is 2.21. The predicted molar refractivity (Wildman–Crippen MR) is 76.5 cm³/mol. The van der Waals surface area contributed by atoms with Gasteiger partial charge in [-0.05, 0) is 37.2 Å². The maximum atomic E-state index is 6.26. The summed E-state index contributed by atoms with van der Waals surface area (Å²) >= 11 is 9.70. The van der Waals surface area contributed by atoms with E-state index in [0.717, 1.165) is 35.7 Å². The number of halogens is 2. The van der Waals surface area contributed by atoms with E-state index in [4.69, 9.17) is 11.6 Å². The second-order valence-electron chi connectivity index (χ2n) is 4.45. The Bertz CT molecular complexity index is 378. The molecular weight excluding hydrogens is 300 g/mol. The molecule has 17 heavy (non-hydrogen) atoms. The Kier molecular flexibility index (Phi) is 4.86. The summed E-state index contributed by atoms with van der Waals surface area (Å²) in [6.45, 7) is 6.45. The first-order valence-corrected chi connectivity index (χ1v) is 7.26. The lowest BCUT2D eigenvalue weighted by Crippen LogP contribution is -2.36. The van der Waals surface area contributed by atoms with Crippen LogP contribution in [-0.2, 0) is 6.54 Å². The number of nitrogens with one attached hydrogen (secondary N) is 1. The van der Waals surface area contributed by atoms with E-state index in [-0.39, 0.29) is 0 Å². The van der Waals surface area contributed by atoms with E-state index < -0.39 is 0 Å². The van der Waals surface area contributed by atoms with Crippen LogP contribution in [-0.4, -0.2) is 30.6 Å². The second-order valence-corrected chi connectivity index (χ2v) is 5.77. The third kappa shape index (κ3) is 3.44. The fraction of sp³-hybridized carbons (Fsp3) is 0.538. The van der Waals surface area contributed by atoms with Crippen molar-refractivity contribution in [3.63, 3.8) is 0 Å². The lowest BCUT2D eigenvalue weighted by atomic mass is 10.1. The van der Waals surface area contributed by atoms with Gasteiger partial charge in [0, 0.05) is 28.6 Å². The van der Waals surface area contributed by atoms with E-state index in [1.54, 1.807) is 0 Å². The molecule has 2 nitrogen and oxygen atoms in total. The molecule has 1 aromatic rings. The summed E-state index contributed by atoms with van der Waals surface area (Å²) in [7, 11) is 0. The Morgan fingerprint density at radius 2 is 2.35 bits per heavy atom. The van der Waals surface area contributed by atoms with Crippen molar-refractivity contribution in [1.82, 2.24) is 10.2 Å². The summed E-state index contributed by atoms with van der Waals surface area (Å²) in [5.41, 5.74) is 1.21. The Labute approximate surface area is 116 Å². The molecule has 1 aliphatic rings. The molecule has 2 rings (SSSR count). The number of benzene rings is 1. The standard InChI is InChI=1S/C13H18BrClN2/c1-2-17(12-5-6-16-8-12)9-10-3-4-11(14)7-13(10)15/h3-4,7,12,16H,2,5-6,8-9H2,1H3. The SMILES string of the molecule is CCN(Cc1ccc(Br)cc1Cl)C1CCNC1. The minimum Gasteiger partial charge on any atom is -0.315 e. The predicted octanol–water partition coefficient (Wildman–Crippen LogP) is 3.29. The van der Waals surface area contributed by atoms with Crippen LogP contribution in [0.1, 0.15) is 18.9 Å². The van der Waals surface area contributed by atoms with E-state index in [0.29, 0.717) is 6.04 Å². The van der Waals surface area contributed by atoms with Crippen molar-refractivity contribution in [1.29, 1.82) is 0 Å². The molecule has 0 saturated carbocycles. The molecule has 94 valence electrons. The van der Waals surface area contributed by atoms with Crippen LogP contribution in [0, 0.1) is 0 Å². The molecule has 1 N–H and O–H groups in total. The summed E-state index contributed by atoms with van der Waals surface area (Å²) < 4.78 is 1.04. The summed E-state index contributed by atoms with van der Waals surface area (Å²) in [5, 5.41) is 4.27. The van der Waals surface area contributed by atoms with Crippen LogP contribution in [0.15, 0.2) is 22.7 Å². The van der Waals surface area contributed by atoms with Crippen LogP contribution >= 0.6 is 27.5 Å². The molecule has 1 aromatic carbocycles. The van der Waals surface area contributed by atoms with Gasteiger partial charge in [-0.15, -0.1) is 0 Å². The third-order valence-corrected chi connectivity index (χ3v) is 4.19. The highest BCUT2D eigenvalue weighted by Crippen LogP contribution is 2.23. The van der Waals surface area contributed by atoms with Gasteiger partial charge in [-0.3, -0.25) is 4.90 Å². The van der Waals surface area contributed by atoms with E-state index in [2.05, 4.69) is 45.2 Å². The fourth-order valence-corrected chi connectivity index (χ4v) is 3.05. The van der Waals surface area contributed by atoms with Crippen LogP contribution in [0.4, 0.5) is 0 Å². The maximum Gasteiger partial charge on any atom is 0.0462 e. The minimum atomic E-state index is 0.653. The summed E-state index contributed by atoms with van der Waals surface area (Å²) in [6, 6.07) is 6.79. The van der Waals surface area contributed by atoms with Crippen molar-refractivity contribution in [3.05, 3.63) is 33.3 Å². The summed E-state index contributed by atoms with van der Waals surface area (Å²) in [6.07, 6.45) is 1.24. The van der Waals surface area contributed by atoms with Gasteiger partial charge in [-0.2, -0.15) is 0 Å².